The Hall–Kier alpha value is -3.64. The van der Waals surface area contributed by atoms with Crippen molar-refractivity contribution in [1.29, 1.82) is 0 Å². The van der Waals surface area contributed by atoms with Crippen LogP contribution in [0.2, 0.25) is 0 Å². The van der Waals surface area contributed by atoms with Crippen LogP contribution in [0.1, 0.15) is 11.6 Å². The van der Waals surface area contributed by atoms with Crippen molar-refractivity contribution in [3.05, 3.63) is 90.5 Å². The molecule has 0 saturated carbocycles. The maximum Gasteiger partial charge on any atom is 0.266 e. The zero-order valence-electron chi connectivity index (χ0n) is 15.4. The molecule has 0 spiro atoms. The molecule has 0 unspecified atom stereocenters. The Bertz CT molecular complexity index is 1050. The molecule has 6 nitrogen and oxygen atoms in total. The molecule has 3 atom stereocenters. The predicted molar refractivity (Wildman–Crippen MR) is 107 cm³/mol. The Labute approximate surface area is 167 Å². The van der Waals surface area contributed by atoms with Crippen LogP contribution in [0.4, 0.5) is 11.4 Å². The van der Waals surface area contributed by atoms with Crippen LogP contribution in [0.15, 0.2) is 84.9 Å². The van der Waals surface area contributed by atoms with Gasteiger partial charge >= 0.3 is 0 Å². The van der Waals surface area contributed by atoms with Gasteiger partial charge in [-0.2, -0.15) is 0 Å². The maximum absolute atomic E-state index is 13.4. The average Bonchev–Trinajstić information content (AvgIpc) is 3.26. The lowest BCUT2D eigenvalue weighted by Crippen LogP contribution is -2.37. The normalized spacial score (nSPS) is 23.5. The Morgan fingerprint density at radius 1 is 0.724 bits per heavy atom. The number of fused-ring (bicyclic) bond motifs is 1. The summed E-state index contributed by atoms with van der Waals surface area (Å²) < 4.78 is 0. The smallest absolute Gasteiger partial charge is 0.266 e. The number of hydroxylamine groups is 1. The van der Waals surface area contributed by atoms with Crippen molar-refractivity contribution in [1.82, 2.24) is 0 Å². The lowest BCUT2D eigenvalue weighted by atomic mass is 9.90. The average molecular weight is 386 g/mol. The molecule has 3 aromatic carbocycles. The molecule has 2 fully saturated rings. The molecular formula is C23H18N2O4. The fraction of sp³-hybridized carbons (Fsp3) is 0.130. The quantitative estimate of drug-likeness (QED) is 0.699. The summed E-state index contributed by atoms with van der Waals surface area (Å²) in [5, 5.41) is 11.3. The van der Waals surface area contributed by atoms with Crippen molar-refractivity contribution in [2.45, 2.75) is 12.1 Å². The number of hydrogen-bond donors (Lipinski definition) is 1. The molecule has 2 amide bonds. The van der Waals surface area contributed by atoms with E-state index in [1.165, 1.54) is 4.90 Å². The Morgan fingerprint density at radius 2 is 1.31 bits per heavy atom. The number of para-hydroxylation sites is 2. The van der Waals surface area contributed by atoms with E-state index < -0.39 is 18.1 Å². The van der Waals surface area contributed by atoms with Gasteiger partial charge in [-0.3, -0.25) is 14.4 Å². The molecule has 0 radical (unpaired) electrons. The molecule has 29 heavy (non-hydrogen) atoms. The minimum absolute atomic E-state index is 0.134. The monoisotopic (exact) mass is 386 g/mol. The van der Waals surface area contributed by atoms with Crippen molar-refractivity contribution in [2.75, 3.05) is 9.96 Å². The maximum atomic E-state index is 13.4. The highest BCUT2D eigenvalue weighted by molar-refractivity contribution is 6.23. The minimum atomic E-state index is -0.901. The zero-order valence-corrected chi connectivity index (χ0v) is 15.4. The third-order valence-corrected chi connectivity index (χ3v) is 5.38. The van der Waals surface area contributed by atoms with Gasteiger partial charge in [-0.1, -0.05) is 48.5 Å². The predicted octanol–water partition coefficient (Wildman–Crippen LogP) is 3.44. The summed E-state index contributed by atoms with van der Waals surface area (Å²) in [6.45, 7) is 0. The second-order valence-corrected chi connectivity index (χ2v) is 7.10. The highest BCUT2D eigenvalue weighted by Crippen LogP contribution is 2.47. The summed E-state index contributed by atoms with van der Waals surface area (Å²) in [6, 6.07) is 24.4. The van der Waals surface area contributed by atoms with Crippen LogP contribution in [0.5, 0.6) is 5.75 Å². The number of carbonyl (C=O) groups excluding carboxylic acids is 2. The van der Waals surface area contributed by atoms with Crippen molar-refractivity contribution >= 4 is 23.2 Å². The van der Waals surface area contributed by atoms with Gasteiger partial charge in [0.25, 0.3) is 5.91 Å². The SMILES string of the molecule is O=C1[C@H]2[C@@H](ON(c3ccccc3)[C@H]2c2ccc(O)cc2)C(=O)N1c1ccccc1. The molecule has 0 aromatic heterocycles. The number of anilines is 2. The van der Waals surface area contributed by atoms with Crippen molar-refractivity contribution < 1.29 is 19.5 Å². The Kier molecular flexibility index (Phi) is 4.07. The number of carbonyl (C=O) groups is 2. The standard InChI is InChI=1S/C23H18N2O4/c26-18-13-11-15(12-14-18)20-19-21(29-25(20)17-9-5-2-6-10-17)23(28)24(22(19)27)16-7-3-1-4-8-16/h1-14,19-21,26H/t19-,20+,21-/m1/s1. The number of rotatable bonds is 3. The van der Waals surface area contributed by atoms with Crippen LogP contribution in [0, 0.1) is 5.92 Å². The molecule has 6 heteroatoms. The third-order valence-electron chi connectivity index (χ3n) is 5.38. The first kappa shape index (κ1) is 17.5. The number of hydrogen-bond acceptors (Lipinski definition) is 5. The molecule has 2 saturated heterocycles. The minimum Gasteiger partial charge on any atom is -0.508 e. The van der Waals surface area contributed by atoms with Gasteiger partial charge in [-0.25, -0.2) is 9.96 Å². The lowest BCUT2D eigenvalue weighted by Gasteiger charge is -2.28. The molecule has 1 N–H and O–H groups in total. The van der Waals surface area contributed by atoms with E-state index >= 15 is 0 Å². The summed E-state index contributed by atoms with van der Waals surface area (Å²) in [5.74, 6) is -1.21. The number of imide groups is 1. The van der Waals surface area contributed by atoms with E-state index in [4.69, 9.17) is 4.84 Å². The van der Waals surface area contributed by atoms with E-state index in [-0.39, 0.29) is 17.6 Å². The largest absolute Gasteiger partial charge is 0.508 e. The van der Waals surface area contributed by atoms with Crippen LogP contribution < -0.4 is 9.96 Å². The summed E-state index contributed by atoms with van der Waals surface area (Å²) in [5.41, 5.74) is 2.08. The molecule has 0 aliphatic carbocycles. The molecule has 5 rings (SSSR count). The first-order chi connectivity index (χ1) is 14.1. The van der Waals surface area contributed by atoms with E-state index in [9.17, 15) is 14.7 Å². The molecule has 2 heterocycles. The summed E-state index contributed by atoms with van der Waals surface area (Å²) in [4.78, 5) is 33.8. The lowest BCUT2D eigenvalue weighted by molar-refractivity contribution is -0.126. The highest BCUT2D eigenvalue weighted by Gasteiger charge is 2.60. The molecule has 3 aromatic rings. The first-order valence-corrected chi connectivity index (χ1v) is 9.38. The fourth-order valence-corrected chi connectivity index (χ4v) is 4.06. The fourth-order valence-electron chi connectivity index (χ4n) is 4.06. The number of phenols is 1. The van der Waals surface area contributed by atoms with Crippen LogP contribution in [-0.4, -0.2) is 23.0 Å². The van der Waals surface area contributed by atoms with Crippen molar-refractivity contribution in [2.24, 2.45) is 5.92 Å². The molecule has 2 aliphatic rings. The number of aromatic hydroxyl groups is 1. The number of benzene rings is 3. The van der Waals surface area contributed by atoms with E-state index in [1.807, 2.05) is 36.4 Å². The Morgan fingerprint density at radius 3 is 1.93 bits per heavy atom. The van der Waals surface area contributed by atoms with Gasteiger partial charge in [0.2, 0.25) is 5.91 Å². The van der Waals surface area contributed by atoms with Crippen LogP contribution in [0.25, 0.3) is 0 Å². The van der Waals surface area contributed by atoms with Gasteiger partial charge in [0.05, 0.1) is 17.4 Å². The third kappa shape index (κ3) is 2.77. The van der Waals surface area contributed by atoms with Gasteiger partial charge in [0, 0.05) is 0 Å². The van der Waals surface area contributed by atoms with Gasteiger partial charge in [-0.15, -0.1) is 0 Å². The number of nitrogens with zero attached hydrogens (tertiary/aromatic N) is 2. The molecule has 2 aliphatic heterocycles. The molecule has 144 valence electrons. The van der Waals surface area contributed by atoms with E-state index in [2.05, 4.69) is 0 Å². The van der Waals surface area contributed by atoms with Crippen LogP contribution in [0.3, 0.4) is 0 Å². The van der Waals surface area contributed by atoms with Gasteiger partial charge < -0.3 is 5.11 Å². The Balaban J connectivity index is 1.59. The van der Waals surface area contributed by atoms with E-state index in [0.29, 0.717) is 5.69 Å². The number of amides is 2. The topological polar surface area (TPSA) is 70.1 Å². The van der Waals surface area contributed by atoms with Gasteiger partial charge in [-0.05, 0) is 42.0 Å². The van der Waals surface area contributed by atoms with E-state index in [1.54, 1.807) is 53.6 Å². The number of phenolic OH excluding ortho intramolecular Hbond substituents is 1. The van der Waals surface area contributed by atoms with E-state index in [0.717, 1.165) is 11.3 Å². The van der Waals surface area contributed by atoms with Gasteiger partial charge in [0.15, 0.2) is 6.10 Å². The second kappa shape index (κ2) is 6.76. The molecular weight excluding hydrogens is 368 g/mol. The van der Waals surface area contributed by atoms with Gasteiger partial charge in [0.1, 0.15) is 11.7 Å². The summed E-state index contributed by atoms with van der Waals surface area (Å²) in [7, 11) is 0. The van der Waals surface area contributed by atoms with Crippen molar-refractivity contribution in [3.8, 4) is 5.75 Å². The summed E-state index contributed by atoms with van der Waals surface area (Å²) in [6.07, 6.45) is -0.901. The second-order valence-electron chi connectivity index (χ2n) is 7.10. The highest BCUT2D eigenvalue weighted by atomic mass is 16.7. The first-order valence-electron chi connectivity index (χ1n) is 9.38. The summed E-state index contributed by atoms with van der Waals surface area (Å²) >= 11 is 0. The van der Waals surface area contributed by atoms with Crippen molar-refractivity contribution in [3.63, 3.8) is 0 Å². The molecule has 0 bridgehead atoms. The van der Waals surface area contributed by atoms with Crippen LogP contribution >= 0.6 is 0 Å². The van der Waals surface area contributed by atoms with Crippen LogP contribution in [-0.2, 0) is 14.4 Å². The zero-order chi connectivity index (χ0) is 20.0.